The Hall–Kier alpha value is -1.88. The van der Waals surface area contributed by atoms with Crippen molar-refractivity contribution < 1.29 is 9.18 Å². The van der Waals surface area contributed by atoms with E-state index in [-0.39, 0.29) is 18.3 Å². The average molecular weight is 351 g/mol. The zero-order chi connectivity index (χ0) is 15.4. The molecule has 2 aromatic carbocycles. The van der Waals surface area contributed by atoms with Crippen molar-refractivity contribution in [2.45, 2.75) is 13.8 Å². The summed E-state index contributed by atoms with van der Waals surface area (Å²) in [4.78, 5) is 11.9. The Balaban J connectivity index is 1.95. The topological polar surface area (TPSA) is 41.1 Å². The van der Waals surface area contributed by atoms with E-state index in [1.54, 1.807) is 13.0 Å². The van der Waals surface area contributed by atoms with Crippen LogP contribution in [-0.2, 0) is 4.79 Å². The molecule has 110 valence electrons. The highest BCUT2D eigenvalue weighted by molar-refractivity contribution is 9.10. The fourth-order valence-electron chi connectivity index (χ4n) is 1.85. The third-order valence-corrected chi connectivity index (χ3v) is 3.65. The molecule has 2 N–H and O–H groups in total. The van der Waals surface area contributed by atoms with Gasteiger partial charge in [0.15, 0.2) is 0 Å². The molecule has 0 bridgehead atoms. The smallest absolute Gasteiger partial charge is 0.243 e. The highest BCUT2D eigenvalue weighted by atomic mass is 79.9. The normalized spacial score (nSPS) is 10.3. The molecule has 0 radical (unpaired) electrons. The number of hydrogen-bond donors (Lipinski definition) is 2. The van der Waals surface area contributed by atoms with Crippen LogP contribution in [-0.4, -0.2) is 12.5 Å². The van der Waals surface area contributed by atoms with Crippen LogP contribution in [0.5, 0.6) is 0 Å². The zero-order valence-electron chi connectivity index (χ0n) is 11.8. The van der Waals surface area contributed by atoms with Crippen molar-refractivity contribution in [1.82, 2.24) is 0 Å². The van der Waals surface area contributed by atoms with E-state index in [1.807, 2.05) is 31.2 Å². The summed E-state index contributed by atoms with van der Waals surface area (Å²) in [6.45, 7) is 3.89. The van der Waals surface area contributed by atoms with Gasteiger partial charge in [-0.05, 0) is 59.6 Å². The first-order chi connectivity index (χ1) is 9.95. The summed E-state index contributed by atoms with van der Waals surface area (Å²) in [6, 6.07) is 10.6. The van der Waals surface area contributed by atoms with Gasteiger partial charge in [-0.25, -0.2) is 4.39 Å². The van der Waals surface area contributed by atoms with E-state index < -0.39 is 0 Å². The van der Waals surface area contributed by atoms with Gasteiger partial charge in [0.1, 0.15) is 5.82 Å². The summed E-state index contributed by atoms with van der Waals surface area (Å²) in [5.41, 5.74) is 3.36. The summed E-state index contributed by atoms with van der Waals surface area (Å²) in [6.07, 6.45) is 0. The van der Waals surface area contributed by atoms with Gasteiger partial charge >= 0.3 is 0 Å². The minimum absolute atomic E-state index is 0.118. The lowest BCUT2D eigenvalue weighted by Crippen LogP contribution is -2.22. The molecule has 0 saturated carbocycles. The van der Waals surface area contributed by atoms with Crippen LogP contribution in [0.15, 0.2) is 40.9 Å². The molecule has 0 aliphatic carbocycles. The van der Waals surface area contributed by atoms with Gasteiger partial charge < -0.3 is 10.6 Å². The van der Waals surface area contributed by atoms with Crippen molar-refractivity contribution >= 4 is 33.2 Å². The molecule has 0 saturated heterocycles. The van der Waals surface area contributed by atoms with Crippen LogP contribution >= 0.6 is 15.9 Å². The van der Waals surface area contributed by atoms with Gasteiger partial charge in [0.25, 0.3) is 0 Å². The minimum atomic E-state index is -0.317. The number of halogens is 2. The number of rotatable bonds is 4. The van der Waals surface area contributed by atoms with Gasteiger partial charge in [-0.1, -0.05) is 17.7 Å². The summed E-state index contributed by atoms with van der Waals surface area (Å²) < 4.78 is 13.7. The Morgan fingerprint density at radius 3 is 2.52 bits per heavy atom. The summed E-state index contributed by atoms with van der Waals surface area (Å²) in [7, 11) is 0. The van der Waals surface area contributed by atoms with Gasteiger partial charge in [0.2, 0.25) is 5.91 Å². The van der Waals surface area contributed by atoms with Gasteiger partial charge in [-0.3, -0.25) is 4.79 Å². The van der Waals surface area contributed by atoms with Crippen LogP contribution in [0.25, 0.3) is 0 Å². The predicted octanol–water partition coefficient (Wildman–Crippen LogP) is 4.26. The molecule has 0 aromatic heterocycles. The monoisotopic (exact) mass is 350 g/mol. The number of hydrogen-bond acceptors (Lipinski definition) is 2. The van der Waals surface area contributed by atoms with Gasteiger partial charge in [0.05, 0.1) is 11.0 Å². The second-order valence-corrected chi connectivity index (χ2v) is 5.70. The van der Waals surface area contributed by atoms with E-state index in [4.69, 9.17) is 0 Å². The van der Waals surface area contributed by atoms with Crippen molar-refractivity contribution in [2.75, 3.05) is 17.2 Å². The number of anilines is 2. The van der Waals surface area contributed by atoms with Crippen LogP contribution in [0.4, 0.5) is 15.8 Å². The molecule has 0 atom stereocenters. The van der Waals surface area contributed by atoms with E-state index in [9.17, 15) is 9.18 Å². The van der Waals surface area contributed by atoms with Crippen molar-refractivity contribution in [3.8, 4) is 0 Å². The standard InChI is InChI=1S/C16H16BrFN2O/c1-10-3-5-12(6-4-10)20-16(21)9-19-15-8-13(17)14(18)7-11(15)2/h3-8,19H,9H2,1-2H3,(H,20,21). The first kappa shape index (κ1) is 15.5. The molecule has 21 heavy (non-hydrogen) atoms. The number of aryl methyl sites for hydroxylation is 2. The highest BCUT2D eigenvalue weighted by Crippen LogP contribution is 2.24. The average Bonchev–Trinajstić information content (AvgIpc) is 2.44. The predicted molar refractivity (Wildman–Crippen MR) is 87.1 cm³/mol. The summed E-state index contributed by atoms with van der Waals surface area (Å²) in [5, 5.41) is 5.80. The lowest BCUT2D eigenvalue weighted by atomic mass is 10.2. The molecular weight excluding hydrogens is 335 g/mol. The fourth-order valence-corrected chi connectivity index (χ4v) is 2.20. The van der Waals surface area contributed by atoms with Gasteiger partial charge in [-0.15, -0.1) is 0 Å². The summed E-state index contributed by atoms with van der Waals surface area (Å²) in [5.74, 6) is -0.471. The minimum Gasteiger partial charge on any atom is -0.376 e. The molecule has 1 amide bonds. The number of carbonyl (C=O) groups is 1. The van der Waals surface area contributed by atoms with E-state index in [0.29, 0.717) is 4.47 Å². The van der Waals surface area contributed by atoms with E-state index >= 15 is 0 Å². The molecule has 3 nitrogen and oxygen atoms in total. The first-order valence-electron chi connectivity index (χ1n) is 6.52. The van der Waals surface area contributed by atoms with E-state index in [1.165, 1.54) is 6.07 Å². The van der Waals surface area contributed by atoms with Crippen molar-refractivity contribution in [1.29, 1.82) is 0 Å². The molecule has 2 rings (SSSR count). The Kier molecular flexibility index (Phi) is 4.96. The maximum absolute atomic E-state index is 13.3. The third-order valence-electron chi connectivity index (χ3n) is 3.04. The maximum Gasteiger partial charge on any atom is 0.243 e. The molecular formula is C16H16BrFN2O. The third kappa shape index (κ3) is 4.29. The summed E-state index contributed by atoms with van der Waals surface area (Å²) >= 11 is 3.13. The maximum atomic E-state index is 13.3. The Morgan fingerprint density at radius 2 is 1.86 bits per heavy atom. The molecule has 0 unspecified atom stereocenters. The Bertz CT molecular complexity index is 656. The van der Waals surface area contributed by atoms with Crippen LogP contribution in [0, 0.1) is 19.7 Å². The van der Waals surface area contributed by atoms with Crippen LogP contribution in [0.2, 0.25) is 0 Å². The van der Waals surface area contributed by atoms with Gasteiger partial charge in [-0.2, -0.15) is 0 Å². The zero-order valence-corrected chi connectivity index (χ0v) is 13.4. The molecule has 0 aliphatic rings. The second kappa shape index (κ2) is 6.72. The van der Waals surface area contributed by atoms with Crippen molar-refractivity contribution in [2.24, 2.45) is 0 Å². The van der Waals surface area contributed by atoms with E-state index in [2.05, 4.69) is 26.6 Å². The number of nitrogens with one attached hydrogen (secondary N) is 2. The largest absolute Gasteiger partial charge is 0.376 e. The molecule has 0 fully saturated rings. The van der Waals surface area contributed by atoms with Crippen LogP contribution in [0.3, 0.4) is 0 Å². The second-order valence-electron chi connectivity index (χ2n) is 4.85. The lowest BCUT2D eigenvalue weighted by molar-refractivity contribution is -0.114. The Labute approximate surface area is 131 Å². The van der Waals surface area contributed by atoms with Gasteiger partial charge in [0, 0.05) is 11.4 Å². The van der Waals surface area contributed by atoms with Crippen LogP contribution in [0.1, 0.15) is 11.1 Å². The number of benzene rings is 2. The van der Waals surface area contributed by atoms with Crippen LogP contribution < -0.4 is 10.6 Å². The fraction of sp³-hybridized carbons (Fsp3) is 0.188. The SMILES string of the molecule is Cc1ccc(NC(=O)CNc2cc(Br)c(F)cc2C)cc1. The quantitative estimate of drug-likeness (QED) is 0.864. The van der Waals surface area contributed by atoms with Crippen molar-refractivity contribution in [3.05, 3.63) is 57.8 Å². The van der Waals surface area contributed by atoms with E-state index in [0.717, 1.165) is 22.5 Å². The molecule has 0 aliphatic heterocycles. The number of carbonyl (C=O) groups excluding carboxylic acids is 1. The van der Waals surface area contributed by atoms with Crippen molar-refractivity contribution in [3.63, 3.8) is 0 Å². The molecule has 0 heterocycles. The molecule has 0 spiro atoms. The number of amides is 1. The first-order valence-corrected chi connectivity index (χ1v) is 7.31. The Morgan fingerprint density at radius 1 is 1.19 bits per heavy atom. The highest BCUT2D eigenvalue weighted by Gasteiger charge is 2.07. The molecule has 2 aromatic rings. The lowest BCUT2D eigenvalue weighted by Gasteiger charge is -2.11. The molecule has 5 heteroatoms.